The second-order valence-electron chi connectivity index (χ2n) is 3.64. The quantitative estimate of drug-likeness (QED) is 0.840. The largest absolute Gasteiger partial charge is 0.462 e. The lowest BCUT2D eigenvalue weighted by molar-refractivity contribution is 0.242. The molecule has 1 unspecified atom stereocenters. The molecule has 0 radical (unpaired) electrons. The molecule has 0 aliphatic heterocycles. The number of rotatable bonds is 5. The highest BCUT2D eigenvalue weighted by molar-refractivity contribution is 7.10. The zero-order chi connectivity index (χ0) is 11.4. The van der Waals surface area contributed by atoms with Crippen LogP contribution in [0.15, 0.2) is 34.1 Å². The standard InChI is InChI=1S/C12H15NO2S/c1-9(12-3-2-6-16-12)13-7-10-4-5-11(8-14)15-10/h2-6,9,13-14H,7-8H2,1H3. The predicted molar refractivity (Wildman–Crippen MR) is 64.2 cm³/mol. The second kappa shape index (κ2) is 5.30. The van der Waals surface area contributed by atoms with Crippen LogP contribution in [-0.2, 0) is 13.2 Å². The fraction of sp³-hybridized carbons (Fsp3) is 0.333. The van der Waals surface area contributed by atoms with E-state index >= 15 is 0 Å². The molecule has 0 aliphatic carbocycles. The van der Waals surface area contributed by atoms with E-state index in [0.29, 0.717) is 18.3 Å². The van der Waals surface area contributed by atoms with Crippen molar-refractivity contribution in [2.24, 2.45) is 0 Å². The van der Waals surface area contributed by atoms with Crippen molar-refractivity contribution in [3.8, 4) is 0 Å². The van der Waals surface area contributed by atoms with Crippen LogP contribution in [0.4, 0.5) is 0 Å². The molecule has 4 heteroatoms. The van der Waals surface area contributed by atoms with Crippen molar-refractivity contribution < 1.29 is 9.52 Å². The molecule has 2 heterocycles. The van der Waals surface area contributed by atoms with Gasteiger partial charge in [0.25, 0.3) is 0 Å². The van der Waals surface area contributed by atoms with Crippen molar-refractivity contribution in [2.75, 3.05) is 0 Å². The van der Waals surface area contributed by atoms with Gasteiger partial charge in [0, 0.05) is 10.9 Å². The van der Waals surface area contributed by atoms with E-state index in [2.05, 4.69) is 29.8 Å². The van der Waals surface area contributed by atoms with Crippen molar-refractivity contribution in [1.29, 1.82) is 0 Å². The maximum absolute atomic E-state index is 8.87. The van der Waals surface area contributed by atoms with E-state index in [1.54, 1.807) is 17.4 Å². The Morgan fingerprint density at radius 1 is 1.38 bits per heavy atom. The van der Waals surface area contributed by atoms with E-state index in [4.69, 9.17) is 9.52 Å². The van der Waals surface area contributed by atoms with E-state index in [-0.39, 0.29) is 6.61 Å². The molecule has 0 saturated carbocycles. The first-order chi connectivity index (χ1) is 7.79. The highest BCUT2D eigenvalue weighted by atomic mass is 32.1. The third kappa shape index (κ3) is 2.72. The fourth-order valence-corrected chi connectivity index (χ4v) is 2.25. The molecule has 0 saturated heterocycles. The summed E-state index contributed by atoms with van der Waals surface area (Å²) in [6.07, 6.45) is 0. The molecule has 0 aromatic carbocycles. The van der Waals surface area contributed by atoms with Gasteiger partial charge in [0.05, 0.1) is 6.54 Å². The lowest BCUT2D eigenvalue weighted by atomic mass is 10.2. The summed E-state index contributed by atoms with van der Waals surface area (Å²) in [5.41, 5.74) is 0. The topological polar surface area (TPSA) is 45.4 Å². The van der Waals surface area contributed by atoms with Gasteiger partial charge in [0.1, 0.15) is 18.1 Å². The first kappa shape index (κ1) is 11.4. The van der Waals surface area contributed by atoms with Crippen LogP contribution in [0, 0.1) is 0 Å². The summed E-state index contributed by atoms with van der Waals surface area (Å²) in [6, 6.07) is 8.17. The van der Waals surface area contributed by atoms with Gasteiger partial charge in [-0.25, -0.2) is 0 Å². The summed E-state index contributed by atoms with van der Waals surface area (Å²) in [5, 5.41) is 14.3. The minimum Gasteiger partial charge on any atom is -0.462 e. The van der Waals surface area contributed by atoms with Crippen LogP contribution in [0.25, 0.3) is 0 Å². The number of thiophene rings is 1. The molecule has 0 bridgehead atoms. The molecule has 16 heavy (non-hydrogen) atoms. The van der Waals surface area contributed by atoms with Crippen LogP contribution in [0.2, 0.25) is 0 Å². The lowest BCUT2D eigenvalue weighted by Crippen LogP contribution is -2.16. The van der Waals surface area contributed by atoms with E-state index in [9.17, 15) is 0 Å². The van der Waals surface area contributed by atoms with E-state index in [0.717, 1.165) is 5.76 Å². The van der Waals surface area contributed by atoms with Crippen molar-refractivity contribution in [3.05, 3.63) is 46.0 Å². The smallest absolute Gasteiger partial charge is 0.129 e. The normalized spacial score (nSPS) is 12.9. The Bertz CT molecular complexity index is 422. The van der Waals surface area contributed by atoms with Crippen LogP contribution < -0.4 is 5.32 Å². The van der Waals surface area contributed by atoms with Gasteiger partial charge in [-0.15, -0.1) is 11.3 Å². The minimum absolute atomic E-state index is 0.0412. The maximum Gasteiger partial charge on any atom is 0.129 e. The van der Waals surface area contributed by atoms with Gasteiger partial charge in [-0.2, -0.15) is 0 Å². The van der Waals surface area contributed by atoms with Crippen molar-refractivity contribution in [2.45, 2.75) is 26.1 Å². The monoisotopic (exact) mass is 237 g/mol. The van der Waals surface area contributed by atoms with Crippen LogP contribution in [0.3, 0.4) is 0 Å². The van der Waals surface area contributed by atoms with Crippen LogP contribution in [0.1, 0.15) is 29.4 Å². The molecule has 0 amide bonds. The number of nitrogens with one attached hydrogen (secondary N) is 1. The molecule has 1 atom stereocenters. The van der Waals surface area contributed by atoms with Crippen molar-refractivity contribution >= 4 is 11.3 Å². The Hall–Kier alpha value is -1.10. The predicted octanol–water partition coefficient (Wildman–Crippen LogP) is 2.68. The van der Waals surface area contributed by atoms with E-state index in [1.165, 1.54) is 4.88 Å². The van der Waals surface area contributed by atoms with Crippen molar-refractivity contribution in [1.82, 2.24) is 5.32 Å². The summed E-state index contributed by atoms with van der Waals surface area (Å²) >= 11 is 1.74. The zero-order valence-corrected chi connectivity index (χ0v) is 9.96. The summed E-state index contributed by atoms with van der Waals surface area (Å²) in [5.74, 6) is 1.47. The van der Waals surface area contributed by atoms with Gasteiger partial charge in [0.2, 0.25) is 0 Å². The summed E-state index contributed by atoms with van der Waals surface area (Å²) in [6.45, 7) is 2.77. The lowest BCUT2D eigenvalue weighted by Gasteiger charge is -2.10. The Balaban J connectivity index is 1.87. The first-order valence-corrected chi connectivity index (χ1v) is 6.13. The Morgan fingerprint density at radius 3 is 2.81 bits per heavy atom. The number of hydrogen-bond acceptors (Lipinski definition) is 4. The Kier molecular flexibility index (Phi) is 3.77. The van der Waals surface area contributed by atoms with Gasteiger partial charge in [0.15, 0.2) is 0 Å². The summed E-state index contributed by atoms with van der Waals surface area (Å²) in [4.78, 5) is 1.31. The molecule has 2 N–H and O–H groups in total. The van der Waals surface area contributed by atoms with Gasteiger partial charge < -0.3 is 14.8 Å². The first-order valence-electron chi connectivity index (χ1n) is 5.25. The molecule has 86 valence electrons. The Labute approximate surface area is 98.7 Å². The summed E-state index contributed by atoms with van der Waals surface area (Å²) < 4.78 is 5.39. The zero-order valence-electron chi connectivity index (χ0n) is 9.14. The minimum atomic E-state index is -0.0412. The molecule has 3 nitrogen and oxygen atoms in total. The van der Waals surface area contributed by atoms with Gasteiger partial charge in [-0.1, -0.05) is 6.07 Å². The molecule has 2 rings (SSSR count). The fourth-order valence-electron chi connectivity index (χ4n) is 1.49. The summed E-state index contributed by atoms with van der Waals surface area (Å²) in [7, 11) is 0. The number of aliphatic hydroxyl groups is 1. The molecule has 0 fully saturated rings. The maximum atomic E-state index is 8.87. The molecular weight excluding hydrogens is 222 g/mol. The van der Waals surface area contributed by atoms with Gasteiger partial charge in [-0.05, 0) is 30.5 Å². The average molecular weight is 237 g/mol. The second-order valence-corrected chi connectivity index (χ2v) is 4.62. The van der Waals surface area contributed by atoms with Crippen LogP contribution in [0.5, 0.6) is 0 Å². The SMILES string of the molecule is CC(NCc1ccc(CO)o1)c1cccs1. The highest BCUT2D eigenvalue weighted by Gasteiger charge is 2.07. The van der Waals surface area contributed by atoms with Crippen LogP contribution >= 0.6 is 11.3 Å². The average Bonchev–Trinajstić information content (AvgIpc) is 2.96. The number of furan rings is 1. The van der Waals surface area contributed by atoms with E-state index in [1.807, 2.05) is 6.07 Å². The molecule has 0 spiro atoms. The highest BCUT2D eigenvalue weighted by Crippen LogP contribution is 2.18. The number of hydrogen-bond donors (Lipinski definition) is 2. The van der Waals surface area contributed by atoms with Gasteiger partial charge in [-0.3, -0.25) is 0 Å². The third-order valence-electron chi connectivity index (χ3n) is 2.43. The van der Waals surface area contributed by atoms with E-state index < -0.39 is 0 Å². The third-order valence-corrected chi connectivity index (χ3v) is 3.48. The van der Waals surface area contributed by atoms with Crippen LogP contribution in [-0.4, -0.2) is 5.11 Å². The Morgan fingerprint density at radius 2 is 2.19 bits per heavy atom. The van der Waals surface area contributed by atoms with Crippen molar-refractivity contribution in [3.63, 3.8) is 0 Å². The molecule has 0 aliphatic rings. The molecule has 2 aromatic rings. The molecule has 2 aromatic heterocycles. The van der Waals surface area contributed by atoms with Gasteiger partial charge >= 0.3 is 0 Å². The molecular formula is C12H15NO2S. The number of aliphatic hydroxyl groups excluding tert-OH is 1.